The minimum atomic E-state index is -4.19. The van der Waals surface area contributed by atoms with Gasteiger partial charge in [0.05, 0.1) is 10.1 Å². The monoisotopic (exact) mass is 358 g/mol. The van der Waals surface area contributed by atoms with Crippen LogP contribution in [-0.2, 0) is 10.1 Å². The van der Waals surface area contributed by atoms with Gasteiger partial charge in [-0.05, 0) is 25.7 Å². The van der Waals surface area contributed by atoms with E-state index in [0.717, 1.165) is 19.3 Å². The van der Waals surface area contributed by atoms with Crippen LogP contribution in [0.2, 0.25) is 0 Å². The molecule has 0 saturated heterocycles. The van der Waals surface area contributed by atoms with Crippen LogP contribution in [-0.4, -0.2) is 29.9 Å². The van der Waals surface area contributed by atoms with Crippen molar-refractivity contribution >= 4 is 10.1 Å². The largest absolute Gasteiger partial charge is 1.00 e. The zero-order valence-corrected chi connectivity index (χ0v) is 18.1. The molecule has 0 aromatic rings. The number of aliphatic hydroxyl groups is 1. The summed E-state index contributed by atoms with van der Waals surface area (Å²) in [5.74, 6) is 0. The summed E-state index contributed by atoms with van der Waals surface area (Å²) in [4.78, 5) is 0. The van der Waals surface area contributed by atoms with Gasteiger partial charge in [-0.2, -0.15) is 0 Å². The van der Waals surface area contributed by atoms with Crippen molar-refractivity contribution in [3.8, 4) is 0 Å². The van der Waals surface area contributed by atoms with Crippen molar-refractivity contribution in [3.63, 3.8) is 0 Å². The molecular formula is C17H35NaO4S. The van der Waals surface area contributed by atoms with E-state index in [4.69, 9.17) is 5.11 Å². The van der Waals surface area contributed by atoms with Crippen LogP contribution in [0.3, 0.4) is 0 Å². The summed E-state index contributed by atoms with van der Waals surface area (Å²) in [6.07, 6.45) is 14.1. The molecule has 0 aromatic heterocycles. The summed E-state index contributed by atoms with van der Waals surface area (Å²) >= 11 is 0. The molecule has 0 spiro atoms. The Morgan fingerprint density at radius 1 is 0.783 bits per heavy atom. The molecule has 0 aliphatic carbocycles. The predicted octanol–water partition coefficient (Wildman–Crippen LogP) is 1.38. The summed E-state index contributed by atoms with van der Waals surface area (Å²) in [7, 11) is -4.19. The normalized spacial score (nSPS) is 12.8. The van der Waals surface area contributed by atoms with E-state index in [1.54, 1.807) is 0 Å². The Kier molecular flexibility index (Phi) is 20.1. The van der Waals surface area contributed by atoms with Crippen LogP contribution in [0.25, 0.3) is 0 Å². The fraction of sp³-hybridized carbons (Fsp3) is 1.00. The number of rotatable bonds is 16. The Labute approximate surface area is 165 Å². The van der Waals surface area contributed by atoms with Gasteiger partial charge in [-0.25, -0.2) is 8.42 Å². The molecule has 0 amide bonds. The average Bonchev–Trinajstić information content (AvgIpc) is 2.46. The average molecular weight is 359 g/mol. The summed E-state index contributed by atoms with van der Waals surface area (Å²) in [6.45, 7) is 2.28. The maximum atomic E-state index is 11.2. The Bertz CT molecular complexity index is 333. The minimum Gasteiger partial charge on any atom is -0.748 e. The topological polar surface area (TPSA) is 77.4 Å². The second-order valence-corrected chi connectivity index (χ2v) is 7.96. The zero-order valence-electron chi connectivity index (χ0n) is 15.3. The molecule has 0 fully saturated rings. The maximum absolute atomic E-state index is 11.2. The first kappa shape index (κ1) is 26.1. The van der Waals surface area contributed by atoms with E-state index in [-0.39, 0.29) is 36.2 Å². The van der Waals surface area contributed by atoms with E-state index in [1.165, 1.54) is 44.9 Å². The summed E-state index contributed by atoms with van der Waals surface area (Å²) in [5, 5.41) is 7.96. The number of hydrogen-bond donors (Lipinski definition) is 1. The summed E-state index contributed by atoms with van der Waals surface area (Å²) < 4.78 is 33.6. The number of aliphatic hydroxyl groups excluding tert-OH is 1. The van der Waals surface area contributed by atoms with Crippen molar-refractivity contribution in [2.75, 3.05) is 6.61 Å². The van der Waals surface area contributed by atoms with Crippen molar-refractivity contribution in [1.29, 1.82) is 0 Å². The van der Waals surface area contributed by atoms with E-state index in [1.807, 2.05) is 0 Å². The van der Waals surface area contributed by atoms with Crippen molar-refractivity contribution < 1.29 is 47.6 Å². The van der Waals surface area contributed by atoms with E-state index in [0.29, 0.717) is 25.7 Å². The smallest absolute Gasteiger partial charge is 0.748 e. The molecule has 4 nitrogen and oxygen atoms in total. The Morgan fingerprint density at radius 2 is 1.17 bits per heavy atom. The van der Waals surface area contributed by atoms with Gasteiger partial charge in [0, 0.05) is 11.9 Å². The summed E-state index contributed by atoms with van der Waals surface area (Å²) in [6, 6.07) is 0. The molecular weight excluding hydrogens is 323 g/mol. The molecule has 0 heterocycles. The van der Waals surface area contributed by atoms with E-state index < -0.39 is 15.4 Å². The third-order valence-corrected chi connectivity index (χ3v) is 5.51. The predicted molar refractivity (Wildman–Crippen MR) is 90.9 cm³/mol. The van der Waals surface area contributed by atoms with Crippen LogP contribution in [0, 0.1) is 0 Å². The van der Waals surface area contributed by atoms with Gasteiger partial charge in [-0.3, -0.25) is 0 Å². The Hall–Kier alpha value is 0.870. The molecule has 0 radical (unpaired) electrons. The van der Waals surface area contributed by atoms with Gasteiger partial charge in [0.15, 0.2) is 0 Å². The van der Waals surface area contributed by atoms with Crippen LogP contribution in [0.15, 0.2) is 0 Å². The third kappa shape index (κ3) is 17.5. The number of hydrogen-bond acceptors (Lipinski definition) is 4. The minimum absolute atomic E-state index is 0. The fourth-order valence-electron chi connectivity index (χ4n) is 2.78. The fourth-order valence-corrected chi connectivity index (χ4v) is 3.69. The van der Waals surface area contributed by atoms with E-state index in [9.17, 15) is 13.0 Å². The van der Waals surface area contributed by atoms with E-state index >= 15 is 0 Å². The van der Waals surface area contributed by atoms with Crippen molar-refractivity contribution in [2.45, 2.75) is 102 Å². The second kappa shape index (κ2) is 17.7. The van der Waals surface area contributed by atoms with Gasteiger partial charge in [0.25, 0.3) is 0 Å². The van der Waals surface area contributed by atoms with Gasteiger partial charge >= 0.3 is 29.6 Å². The maximum Gasteiger partial charge on any atom is 1.00 e. The van der Waals surface area contributed by atoms with Gasteiger partial charge in [-0.15, -0.1) is 0 Å². The molecule has 1 atom stereocenters. The molecule has 0 aromatic carbocycles. The van der Waals surface area contributed by atoms with Crippen LogP contribution in [0.5, 0.6) is 0 Å². The SMILES string of the molecule is CCCCCCCCCCCCC(CCCCO)S(=O)(=O)[O-].[Na+]. The molecule has 1 N–H and O–H groups in total. The molecule has 23 heavy (non-hydrogen) atoms. The molecule has 0 aliphatic heterocycles. The van der Waals surface area contributed by atoms with Gasteiger partial charge in [0.2, 0.25) is 0 Å². The molecule has 0 aliphatic rings. The second-order valence-electron chi connectivity index (χ2n) is 6.30. The first-order valence-electron chi connectivity index (χ1n) is 9.08. The first-order valence-corrected chi connectivity index (χ1v) is 10.5. The van der Waals surface area contributed by atoms with Crippen LogP contribution >= 0.6 is 0 Å². The summed E-state index contributed by atoms with van der Waals surface area (Å²) in [5.41, 5.74) is 0. The molecule has 0 rings (SSSR count). The molecule has 134 valence electrons. The van der Waals surface area contributed by atoms with Gasteiger partial charge in [0.1, 0.15) is 0 Å². The van der Waals surface area contributed by atoms with E-state index in [2.05, 4.69) is 6.92 Å². The Balaban J connectivity index is 0. The van der Waals surface area contributed by atoms with Crippen LogP contribution in [0.1, 0.15) is 96.8 Å². The van der Waals surface area contributed by atoms with Gasteiger partial charge in [-0.1, -0.05) is 71.1 Å². The van der Waals surface area contributed by atoms with Crippen LogP contribution in [0.4, 0.5) is 0 Å². The number of unbranched alkanes of at least 4 members (excludes halogenated alkanes) is 10. The molecule has 6 heteroatoms. The molecule has 1 unspecified atom stereocenters. The van der Waals surface area contributed by atoms with Crippen LogP contribution < -0.4 is 29.6 Å². The quantitative estimate of drug-likeness (QED) is 0.257. The van der Waals surface area contributed by atoms with Crippen molar-refractivity contribution in [1.82, 2.24) is 0 Å². The van der Waals surface area contributed by atoms with Crippen molar-refractivity contribution in [3.05, 3.63) is 0 Å². The van der Waals surface area contributed by atoms with Crippen molar-refractivity contribution in [2.24, 2.45) is 0 Å². The zero-order chi connectivity index (χ0) is 16.7. The first-order chi connectivity index (χ1) is 10.5. The third-order valence-electron chi connectivity index (χ3n) is 4.22. The standard InChI is InChI=1S/C17H36O4S.Na/c1-2-3-4-5-6-7-8-9-10-11-14-17(22(19,20)21)15-12-13-16-18;/h17-18H,2-16H2,1H3,(H,19,20,21);/q;+1/p-1. The van der Waals surface area contributed by atoms with Gasteiger partial charge < -0.3 is 9.66 Å². The Morgan fingerprint density at radius 3 is 1.57 bits per heavy atom. The molecule has 0 bridgehead atoms. The molecule has 0 saturated carbocycles.